The topological polar surface area (TPSA) is 56.0 Å². The monoisotopic (exact) mass is 349 g/mol. The van der Waals surface area contributed by atoms with Gasteiger partial charge >= 0.3 is 0 Å². The number of rotatable bonds is 3. The first kappa shape index (κ1) is 16.6. The molecule has 1 aromatic carbocycles. The van der Waals surface area contributed by atoms with Crippen LogP contribution in [0.4, 0.5) is 0 Å². The highest BCUT2D eigenvalue weighted by molar-refractivity contribution is 5.95. The van der Waals surface area contributed by atoms with Gasteiger partial charge in [-0.3, -0.25) is 9.48 Å². The number of imidazole rings is 1. The van der Waals surface area contributed by atoms with Crippen molar-refractivity contribution in [3.8, 4) is 5.69 Å². The van der Waals surface area contributed by atoms with Crippen LogP contribution in [-0.2, 0) is 7.05 Å². The van der Waals surface area contributed by atoms with Crippen LogP contribution in [0.3, 0.4) is 0 Å². The maximum atomic E-state index is 13.1. The number of carbonyl (C=O) groups excluding carboxylic acids is 1. The van der Waals surface area contributed by atoms with Crippen molar-refractivity contribution in [2.45, 2.75) is 32.7 Å². The lowest BCUT2D eigenvalue weighted by Gasteiger charge is -2.25. The van der Waals surface area contributed by atoms with Crippen LogP contribution in [0.2, 0.25) is 0 Å². The fourth-order valence-corrected chi connectivity index (χ4v) is 3.94. The lowest BCUT2D eigenvalue weighted by atomic mass is 10.0. The molecular weight excluding hydrogens is 326 g/mol. The first-order valence-electron chi connectivity index (χ1n) is 8.95. The average Bonchev–Trinajstić information content (AvgIpc) is 3.37. The van der Waals surface area contributed by atoms with Crippen molar-refractivity contribution in [3.05, 3.63) is 65.5 Å². The van der Waals surface area contributed by atoms with E-state index in [1.807, 2.05) is 58.6 Å². The molecule has 0 spiro atoms. The van der Waals surface area contributed by atoms with Crippen molar-refractivity contribution in [1.82, 2.24) is 24.2 Å². The molecule has 134 valence electrons. The molecule has 3 heterocycles. The predicted octanol–water partition coefficient (Wildman–Crippen LogP) is 3.20. The maximum absolute atomic E-state index is 13.1. The molecule has 0 N–H and O–H groups in total. The van der Waals surface area contributed by atoms with Crippen molar-refractivity contribution in [1.29, 1.82) is 0 Å². The molecule has 6 heteroatoms. The molecular formula is C20H23N5O. The SMILES string of the molecule is Cc1nn(C)c(C)c1[C@@H]1CCCN1C(=O)c1ccc(-n2ccnc2)cc1. The minimum atomic E-state index is 0.0901. The van der Waals surface area contributed by atoms with Crippen LogP contribution >= 0.6 is 0 Å². The summed E-state index contributed by atoms with van der Waals surface area (Å²) in [6.45, 7) is 4.90. The third kappa shape index (κ3) is 2.71. The summed E-state index contributed by atoms with van der Waals surface area (Å²) in [6.07, 6.45) is 7.40. The molecule has 0 bridgehead atoms. The molecule has 1 fully saturated rings. The summed E-state index contributed by atoms with van der Waals surface area (Å²) < 4.78 is 3.83. The van der Waals surface area contributed by atoms with E-state index < -0.39 is 0 Å². The molecule has 0 saturated carbocycles. The zero-order valence-corrected chi connectivity index (χ0v) is 15.4. The fourth-order valence-electron chi connectivity index (χ4n) is 3.94. The third-order valence-electron chi connectivity index (χ3n) is 5.33. The van der Waals surface area contributed by atoms with Gasteiger partial charge in [0.2, 0.25) is 0 Å². The first-order chi connectivity index (χ1) is 12.6. The zero-order chi connectivity index (χ0) is 18.3. The molecule has 1 saturated heterocycles. The number of benzene rings is 1. The van der Waals surface area contributed by atoms with Crippen molar-refractivity contribution in [3.63, 3.8) is 0 Å². The zero-order valence-electron chi connectivity index (χ0n) is 15.4. The van der Waals surface area contributed by atoms with E-state index in [2.05, 4.69) is 17.0 Å². The molecule has 26 heavy (non-hydrogen) atoms. The maximum Gasteiger partial charge on any atom is 0.254 e. The van der Waals surface area contributed by atoms with E-state index in [1.165, 1.54) is 5.56 Å². The van der Waals surface area contributed by atoms with Crippen LogP contribution in [-0.4, -0.2) is 36.7 Å². The largest absolute Gasteiger partial charge is 0.331 e. The van der Waals surface area contributed by atoms with E-state index in [0.29, 0.717) is 0 Å². The lowest BCUT2D eigenvalue weighted by molar-refractivity contribution is 0.0735. The summed E-state index contributed by atoms with van der Waals surface area (Å²) in [5.41, 5.74) is 5.08. The molecule has 1 atom stereocenters. The Hall–Kier alpha value is -2.89. The number of hydrogen-bond acceptors (Lipinski definition) is 3. The Labute approximate surface area is 153 Å². The number of amides is 1. The fraction of sp³-hybridized carbons (Fsp3) is 0.350. The number of nitrogens with zero attached hydrogens (tertiary/aromatic N) is 5. The molecule has 1 aliphatic rings. The molecule has 1 aliphatic heterocycles. The van der Waals surface area contributed by atoms with E-state index in [9.17, 15) is 4.79 Å². The quantitative estimate of drug-likeness (QED) is 0.730. The smallest absolute Gasteiger partial charge is 0.254 e. The Morgan fingerprint density at radius 3 is 2.58 bits per heavy atom. The van der Waals surface area contributed by atoms with E-state index in [1.54, 1.807) is 12.5 Å². The van der Waals surface area contributed by atoms with Gasteiger partial charge in [0.15, 0.2) is 0 Å². The van der Waals surface area contributed by atoms with Gasteiger partial charge in [-0.25, -0.2) is 4.98 Å². The van der Waals surface area contributed by atoms with Crippen LogP contribution in [0.5, 0.6) is 0 Å². The Morgan fingerprint density at radius 2 is 1.96 bits per heavy atom. The van der Waals surface area contributed by atoms with Crippen LogP contribution < -0.4 is 0 Å². The molecule has 0 radical (unpaired) electrons. The number of likely N-dealkylation sites (tertiary alicyclic amines) is 1. The molecule has 2 aromatic heterocycles. The molecule has 3 aromatic rings. The average molecular weight is 349 g/mol. The minimum Gasteiger partial charge on any atom is -0.331 e. The first-order valence-corrected chi connectivity index (χ1v) is 8.95. The predicted molar refractivity (Wildman–Crippen MR) is 99.3 cm³/mol. The summed E-state index contributed by atoms with van der Waals surface area (Å²) in [6, 6.07) is 7.83. The summed E-state index contributed by atoms with van der Waals surface area (Å²) in [7, 11) is 1.96. The molecule has 6 nitrogen and oxygen atoms in total. The highest BCUT2D eigenvalue weighted by Gasteiger charge is 2.33. The number of hydrogen-bond donors (Lipinski definition) is 0. The highest BCUT2D eigenvalue weighted by atomic mass is 16.2. The Kier molecular flexibility index (Phi) is 4.11. The Balaban J connectivity index is 1.61. The van der Waals surface area contributed by atoms with Crippen molar-refractivity contribution in [2.24, 2.45) is 7.05 Å². The summed E-state index contributed by atoms with van der Waals surface area (Å²) >= 11 is 0. The second-order valence-electron chi connectivity index (χ2n) is 6.88. The number of carbonyl (C=O) groups is 1. The van der Waals surface area contributed by atoms with Gasteiger partial charge in [-0.1, -0.05) is 0 Å². The van der Waals surface area contributed by atoms with E-state index in [-0.39, 0.29) is 11.9 Å². The van der Waals surface area contributed by atoms with Gasteiger partial charge in [0, 0.05) is 48.5 Å². The minimum absolute atomic E-state index is 0.0901. The van der Waals surface area contributed by atoms with Gasteiger partial charge in [-0.15, -0.1) is 0 Å². The lowest BCUT2D eigenvalue weighted by Crippen LogP contribution is -2.31. The van der Waals surface area contributed by atoms with Gasteiger partial charge in [0.25, 0.3) is 5.91 Å². The van der Waals surface area contributed by atoms with E-state index >= 15 is 0 Å². The number of aromatic nitrogens is 4. The normalized spacial score (nSPS) is 17.0. The molecule has 1 amide bonds. The molecule has 0 aliphatic carbocycles. The number of aryl methyl sites for hydroxylation is 2. The van der Waals surface area contributed by atoms with E-state index in [0.717, 1.165) is 42.0 Å². The molecule has 4 rings (SSSR count). The summed E-state index contributed by atoms with van der Waals surface area (Å²) in [5, 5.41) is 4.53. The summed E-state index contributed by atoms with van der Waals surface area (Å²) in [5.74, 6) is 0.0901. The second-order valence-corrected chi connectivity index (χ2v) is 6.88. The van der Waals surface area contributed by atoms with Gasteiger partial charge in [0.05, 0.1) is 18.1 Å². The standard InChI is InChI=1S/C20H23N5O/c1-14-19(15(2)23(3)22-14)18-5-4-11-25(18)20(26)16-6-8-17(9-7-16)24-12-10-21-13-24/h6-10,12-13,18H,4-5,11H2,1-3H3/t18-/m0/s1. The van der Waals surface area contributed by atoms with Crippen LogP contribution in [0, 0.1) is 13.8 Å². The van der Waals surface area contributed by atoms with Gasteiger partial charge in [0.1, 0.15) is 0 Å². The highest BCUT2D eigenvalue weighted by Crippen LogP contribution is 2.36. The van der Waals surface area contributed by atoms with Crippen molar-refractivity contribution in [2.75, 3.05) is 6.54 Å². The van der Waals surface area contributed by atoms with Crippen LogP contribution in [0.15, 0.2) is 43.0 Å². The third-order valence-corrected chi connectivity index (χ3v) is 5.33. The van der Waals surface area contributed by atoms with Crippen molar-refractivity contribution >= 4 is 5.91 Å². The van der Waals surface area contributed by atoms with Gasteiger partial charge in [-0.05, 0) is 51.0 Å². The molecule has 0 unspecified atom stereocenters. The van der Waals surface area contributed by atoms with Crippen LogP contribution in [0.1, 0.15) is 46.2 Å². The van der Waals surface area contributed by atoms with Gasteiger partial charge in [-0.2, -0.15) is 5.10 Å². The summed E-state index contributed by atoms with van der Waals surface area (Å²) in [4.78, 5) is 19.2. The van der Waals surface area contributed by atoms with Crippen molar-refractivity contribution < 1.29 is 4.79 Å². The second kappa shape index (κ2) is 6.44. The van der Waals surface area contributed by atoms with Gasteiger partial charge < -0.3 is 9.47 Å². The van der Waals surface area contributed by atoms with Crippen LogP contribution in [0.25, 0.3) is 5.69 Å². The Bertz CT molecular complexity index is 924. The Morgan fingerprint density at radius 1 is 1.19 bits per heavy atom. The van der Waals surface area contributed by atoms with E-state index in [4.69, 9.17) is 0 Å².